The third-order valence-electron chi connectivity index (χ3n) is 4.97. The van der Waals surface area contributed by atoms with Gasteiger partial charge >= 0.3 is 0 Å². The monoisotopic (exact) mass is 426 g/mol. The van der Waals surface area contributed by atoms with E-state index >= 15 is 0 Å². The Kier molecular flexibility index (Phi) is 4.54. The molecule has 0 saturated carbocycles. The van der Waals surface area contributed by atoms with Crippen molar-refractivity contribution in [1.82, 2.24) is 9.97 Å². The van der Waals surface area contributed by atoms with E-state index < -0.39 is 11.7 Å². The van der Waals surface area contributed by atoms with Crippen LogP contribution in [-0.2, 0) is 0 Å². The molecule has 3 aliphatic rings. The zero-order chi connectivity index (χ0) is 20.6. The van der Waals surface area contributed by atoms with Gasteiger partial charge in [0.1, 0.15) is 6.04 Å². The van der Waals surface area contributed by atoms with Crippen LogP contribution in [0, 0.1) is 0 Å². The normalized spacial score (nSPS) is 23.3. The first-order chi connectivity index (χ1) is 14.7. The van der Waals surface area contributed by atoms with Crippen LogP contribution in [0.5, 0.6) is 0 Å². The summed E-state index contributed by atoms with van der Waals surface area (Å²) in [5.74, 6) is 0. The molecule has 3 aliphatic heterocycles. The molecule has 8 heteroatoms. The first-order valence-corrected chi connectivity index (χ1v) is 10.0. The molecule has 0 aliphatic carbocycles. The van der Waals surface area contributed by atoms with Crippen molar-refractivity contribution in [2.45, 2.75) is 11.7 Å². The van der Waals surface area contributed by atoms with Gasteiger partial charge in [-0.25, -0.2) is 15.0 Å². The van der Waals surface area contributed by atoms with E-state index in [0.717, 1.165) is 33.5 Å². The van der Waals surface area contributed by atoms with Gasteiger partial charge in [-0.2, -0.15) is 4.99 Å². The van der Waals surface area contributed by atoms with Gasteiger partial charge in [-0.1, -0.05) is 0 Å². The molecule has 0 spiro atoms. The van der Waals surface area contributed by atoms with Crippen molar-refractivity contribution in [3.05, 3.63) is 82.4 Å². The lowest BCUT2D eigenvalue weighted by atomic mass is 9.99. The molecular weight excluding hydrogens is 412 g/mol. The van der Waals surface area contributed by atoms with Gasteiger partial charge in [0, 0.05) is 22.1 Å². The molecule has 2 aromatic rings. The van der Waals surface area contributed by atoms with E-state index in [1.807, 2.05) is 66.8 Å². The first kappa shape index (κ1) is 18.5. The summed E-state index contributed by atoms with van der Waals surface area (Å²) >= 11 is 9.83. The first-order valence-electron chi connectivity index (χ1n) is 9.18. The molecule has 144 valence electrons. The Hall–Kier alpha value is -3.54. The van der Waals surface area contributed by atoms with Crippen LogP contribution >= 0.6 is 24.4 Å². The summed E-state index contributed by atoms with van der Waals surface area (Å²) in [5, 5.41) is 6.88. The SMILES string of the molecule is S=C=NC1c2ccc([nH]2)C=c2ccc([nH]2)=CC2=NC(=CC3=NC1(N=C=S)C=C3)C=C2. The number of aromatic amines is 2. The number of H-pyrrole nitrogens is 2. The summed E-state index contributed by atoms with van der Waals surface area (Å²) in [6.45, 7) is 0. The van der Waals surface area contributed by atoms with Crippen molar-refractivity contribution in [3.8, 4) is 0 Å². The lowest BCUT2D eigenvalue weighted by Crippen LogP contribution is -2.28. The standard InChI is InChI=1S/C22H14N6S2/c29-12-23-21-20-6-5-18(27-20)10-16-2-1-14(25-16)9-15-3-4-17(26-15)11-19-7-8-22(21,28-19)24-13-30/h1-11,21,25,27H. The maximum Gasteiger partial charge on any atom is 0.207 e. The van der Waals surface area contributed by atoms with Crippen LogP contribution in [0.4, 0.5) is 0 Å². The number of fused-ring (bicyclic) bond motifs is 6. The van der Waals surface area contributed by atoms with Gasteiger partial charge in [0.2, 0.25) is 5.66 Å². The number of allylic oxidation sites excluding steroid dienone is 4. The summed E-state index contributed by atoms with van der Waals surface area (Å²) in [5.41, 5.74) is 2.99. The fourth-order valence-corrected chi connectivity index (χ4v) is 3.92. The Balaban J connectivity index is 1.77. The van der Waals surface area contributed by atoms with Crippen LogP contribution in [0.3, 0.4) is 0 Å². The number of hydrogen-bond acceptors (Lipinski definition) is 6. The van der Waals surface area contributed by atoms with E-state index in [1.54, 1.807) is 0 Å². The van der Waals surface area contributed by atoms with Gasteiger partial charge < -0.3 is 9.97 Å². The number of rotatable bonds is 2. The largest absolute Gasteiger partial charge is 0.357 e. The number of isothiocyanates is 2. The van der Waals surface area contributed by atoms with Crippen molar-refractivity contribution < 1.29 is 0 Å². The Labute approximate surface area is 182 Å². The predicted octanol–water partition coefficient (Wildman–Crippen LogP) is 2.81. The third-order valence-corrected chi connectivity index (χ3v) is 5.16. The van der Waals surface area contributed by atoms with Crippen LogP contribution in [0.1, 0.15) is 17.4 Å². The zero-order valence-electron chi connectivity index (χ0n) is 15.5. The lowest BCUT2D eigenvalue weighted by Gasteiger charge is -2.24. The highest BCUT2D eigenvalue weighted by molar-refractivity contribution is 7.78. The highest BCUT2D eigenvalue weighted by Gasteiger charge is 2.41. The summed E-state index contributed by atoms with van der Waals surface area (Å²) in [6, 6.07) is 7.39. The van der Waals surface area contributed by atoms with Gasteiger partial charge in [0.15, 0.2) is 0 Å². The van der Waals surface area contributed by atoms with E-state index in [-0.39, 0.29) is 0 Å². The van der Waals surface area contributed by atoms with Crippen molar-refractivity contribution in [3.63, 3.8) is 0 Å². The minimum Gasteiger partial charge on any atom is -0.357 e. The molecular formula is C22H14N6S2. The minimum atomic E-state index is -1.08. The van der Waals surface area contributed by atoms with Crippen molar-refractivity contribution in [2.24, 2.45) is 20.0 Å². The molecule has 2 N–H and O–H groups in total. The molecule has 2 atom stereocenters. The minimum absolute atomic E-state index is 0.557. The Morgan fingerprint density at radius 2 is 1.77 bits per heavy atom. The molecule has 0 fully saturated rings. The van der Waals surface area contributed by atoms with Crippen molar-refractivity contribution in [2.75, 3.05) is 0 Å². The molecule has 2 aromatic heterocycles. The van der Waals surface area contributed by atoms with E-state index in [2.05, 4.69) is 35.3 Å². The topological polar surface area (TPSA) is 81.0 Å². The van der Waals surface area contributed by atoms with Crippen LogP contribution in [-0.4, -0.2) is 37.4 Å². The van der Waals surface area contributed by atoms with Gasteiger partial charge in [-0.05, 0) is 91.2 Å². The highest BCUT2D eigenvalue weighted by atomic mass is 32.1. The van der Waals surface area contributed by atoms with Gasteiger partial charge in [0.25, 0.3) is 0 Å². The summed E-state index contributed by atoms with van der Waals surface area (Å²) in [6.07, 6.45) is 13.6. The fourth-order valence-electron chi connectivity index (χ4n) is 3.67. The molecule has 5 heterocycles. The van der Waals surface area contributed by atoms with Crippen molar-refractivity contribution in [1.29, 1.82) is 0 Å². The number of nitrogens with one attached hydrogen (secondary N) is 2. The Bertz CT molecular complexity index is 1420. The van der Waals surface area contributed by atoms with Gasteiger partial charge in [0.05, 0.1) is 27.4 Å². The number of aliphatic imine (C=N–C) groups is 4. The van der Waals surface area contributed by atoms with Crippen LogP contribution in [0.2, 0.25) is 0 Å². The van der Waals surface area contributed by atoms with Crippen LogP contribution in [0.25, 0.3) is 12.2 Å². The summed E-state index contributed by atoms with van der Waals surface area (Å²) in [7, 11) is 0. The molecule has 2 unspecified atom stereocenters. The summed E-state index contributed by atoms with van der Waals surface area (Å²) in [4.78, 5) is 24.9. The Morgan fingerprint density at radius 3 is 2.60 bits per heavy atom. The maximum absolute atomic E-state index is 4.92. The molecule has 0 amide bonds. The average Bonchev–Trinajstić information content (AvgIpc) is 3.51. The second-order valence-electron chi connectivity index (χ2n) is 6.94. The number of thiocarbonyl (C=S) groups is 2. The van der Waals surface area contributed by atoms with E-state index in [0.29, 0.717) is 5.71 Å². The third kappa shape index (κ3) is 3.34. The molecule has 5 rings (SSSR count). The fraction of sp³-hybridized carbons (Fsp3) is 0.0909. The number of hydrogen-bond donors (Lipinski definition) is 2. The maximum atomic E-state index is 4.92. The van der Waals surface area contributed by atoms with E-state index in [1.165, 1.54) is 0 Å². The summed E-state index contributed by atoms with van der Waals surface area (Å²) < 4.78 is 0. The lowest BCUT2D eigenvalue weighted by molar-refractivity contribution is 0.460. The molecule has 0 saturated heterocycles. The smallest absolute Gasteiger partial charge is 0.207 e. The number of nitrogens with zero attached hydrogens (tertiary/aromatic N) is 4. The quantitative estimate of drug-likeness (QED) is 0.572. The Morgan fingerprint density at radius 1 is 0.900 bits per heavy atom. The van der Waals surface area contributed by atoms with E-state index in [9.17, 15) is 0 Å². The second-order valence-corrected chi connectivity index (χ2v) is 7.31. The van der Waals surface area contributed by atoms with E-state index in [4.69, 9.17) is 29.4 Å². The number of aromatic nitrogens is 2. The second kappa shape index (κ2) is 7.37. The van der Waals surface area contributed by atoms with Gasteiger partial charge in [-0.15, -0.1) is 0 Å². The molecule has 0 radical (unpaired) electrons. The molecule has 30 heavy (non-hydrogen) atoms. The molecule has 0 aromatic carbocycles. The molecule has 6 nitrogen and oxygen atoms in total. The van der Waals surface area contributed by atoms with Crippen LogP contribution in [0.15, 0.2) is 80.3 Å². The van der Waals surface area contributed by atoms with Crippen molar-refractivity contribution >= 4 is 58.3 Å². The highest BCUT2D eigenvalue weighted by Crippen LogP contribution is 2.38. The molecule has 8 bridgehead atoms. The van der Waals surface area contributed by atoms with Gasteiger partial charge in [-0.3, -0.25) is 0 Å². The van der Waals surface area contributed by atoms with Crippen LogP contribution < -0.4 is 10.7 Å². The average molecular weight is 427 g/mol. The zero-order valence-corrected chi connectivity index (χ0v) is 17.2. The predicted molar refractivity (Wildman–Crippen MR) is 126 cm³/mol.